The van der Waals surface area contributed by atoms with Crippen LogP contribution in [0.1, 0.15) is 36.2 Å². The summed E-state index contributed by atoms with van der Waals surface area (Å²) in [4.78, 5) is 14.7. The van der Waals surface area contributed by atoms with Crippen LogP contribution >= 0.6 is 0 Å². The summed E-state index contributed by atoms with van der Waals surface area (Å²) >= 11 is 0. The number of rotatable bonds is 5. The van der Waals surface area contributed by atoms with Crippen LogP contribution in [-0.2, 0) is 20.0 Å². The van der Waals surface area contributed by atoms with E-state index >= 15 is 0 Å². The van der Waals surface area contributed by atoms with Gasteiger partial charge in [-0.2, -0.15) is 13.9 Å². The molecule has 2 aliphatic rings. The lowest BCUT2D eigenvalue weighted by Gasteiger charge is -2.34. The quantitative estimate of drug-likeness (QED) is 0.586. The molecular weight excluding hydrogens is 500 g/mol. The Hall–Kier alpha value is -2.78. The second-order valence-electron chi connectivity index (χ2n) is 9.60. The van der Waals surface area contributed by atoms with Crippen molar-refractivity contribution in [2.24, 2.45) is 11.8 Å². The van der Waals surface area contributed by atoms with Crippen LogP contribution in [0.15, 0.2) is 58.3 Å². The van der Waals surface area contributed by atoms with E-state index < -0.39 is 20.0 Å². The van der Waals surface area contributed by atoms with Crippen LogP contribution in [0, 0.1) is 23.2 Å². The highest BCUT2D eigenvalue weighted by atomic mass is 32.2. The summed E-state index contributed by atoms with van der Waals surface area (Å²) in [6, 6.07) is 13.9. The van der Waals surface area contributed by atoms with Crippen LogP contribution in [-0.4, -0.2) is 75.5 Å². The summed E-state index contributed by atoms with van der Waals surface area (Å²) in [5.74, 6) is 0.300. The minimum atomic E-state index is -3.86. The molecule has 0 radical (unpaired) electrons. The Kier molecular flexibility index (Phi) is 7.52. The van der Waals surface area contributed by atoms with E-state index in [1.807, 2.05) is 19.9 Å². The van der Waals surface area contributed by atoms with E-state index in [4.69, 9.17) is 0 Å². The highest BCUT2D eigenvalue weighted by Crippen LogP contribution is 2.27. The van der Waals surface area contributed by atoms with Gasteiger partial charge in [-0.1, -0.05) is 26.0 Å². The third-order valence-corrected chi connectivity index (χ3v) is 10.5. The number of benzene rings is 2. The minimum absolute atomic E-state index is 0.0402. The Morgan fingerprint density at radius 1 is 0.833 bits per heavy atom. The lowest BCUT2D eigenvalue weighted by Crippen LogP contribution is -2.50. The van der Waals surface area contributed by atoms with Gasteiger partial charge in [-0.15, -0.1) is 0 Å². The maximum absolute atomic E-state index is 13.1. The predicted octanol–water partition coefficient (Wildman–Crippen LogP) is 2.37. The fourth-order valence-electron chi connectivity index (χ4n) is 4.96. The smallest absolute Gasteiger partial charge is 0.253 e. The van der Waals surface area contributed by atoms with E-state index in [1.165, 1.54) is 45.0 Å². The molecule has 0 N–H and O–H groups in total. The summed E-state index contributed by atoms with van der Waals surface area (Å²) in [6.07, 6.45) is 0.999. The molecule has 2 aromatic rings. The van der Waals surface area contributed by atoms with Crippen molar-refractivity contribution in [3.8, 4) is 6.07 Å². The largest absolute Gasteiger partial charge is 0.336 e. The second-order valence-corrected chi connectivity index (χ2v) is 13.4. The number of hydrogen-bond acceptors (Lipinski definition) is 6. The van der Waals surface area contributed by atoms with Gasteiger partial charge in [0.1, 0.15) is 6.07 Å². The second kappa shape index (κ2) is 10.3. The Bertz CT molecular complexity index is 1370. The average Bonchev–Trinajstić information content (AvgIpc) is 2.87. The molecule has 0 bridgehead atoms. The Morgan fingerprint density at radius 2 is 1.42 bits per heavy atom. The molecule has 0 aromatic heterocycles. The van der Waals surface area contributed by atoms with Crippen molar-refractivity contribution in [3.63, 3.8) is 0 Å². The number of nitriles is 1. The maximum atomic E-state index is 13.1. The highest BCUT2D eigenvalue weighted by Gasteiger charge is 2.33. The fraction of sp³-hybridized carbons (Fsp3) is 0.440. The van der Waals surface area contributed by atoms with E-state index in [2.05, 4.69) is 0 Å². The molecular formula is C25H30N4O5S2. The van der Waals surface area contributed by atoms with Gasteiger partial charge in [0.05, 0.1) is 15.4 Å². The molecule has 2 heterocycles. The van der Waals surface area contributed by atoms with Gasteiger partial charge >= 0.3 is 0 Å². The molecule has 36 heavy (non-hydrogen) atoms. The van der Waals surface area contributed by atoms with Gasteiger partial charge in [-0.25, -0.2) is 16.8 Å². The Balaban J connectivity index is 1.42. The first kappa shape index (κ1) is 26.3. The fourth-order valence-corrected chi connectivity index (χ4v) is 8.20. The van der Waals surface area contributed by atoms with Gasteiger partial charge < -0.3 is 4.90 Å². The SMILES string of the molecule is C[C@H]1C[C@H](C)CN(S(=O)(=O)c2ccc(C(=O)N3CCN(S(=O)(=O)c4ccccc4C#N)CC3)cc2)C1. The topological polar surface area (TPSA) is 119 Å². The number of amides is 1. The standard InChI is InChI=1S/C25H30N4O5S2/c1-19-15-20(2)18-29(17-19)35(31,32)23-9-7-21(8-10-23)25(30)27-11-13-28(14-12-27)36(33,34)24-6-4-3-5-22(24)16-26/h3-10,19-20H,11-15,17-18H2,1-2H3/t19-,20-/m0/s1. The van der Waals surface area contributed by atoms with Crippen LogP contribution in [0.5, 0.6) is 0 Å². The van der Waals surface area contributed by atoms with Crippen molar-refractivity contribution in [1.82, 2.24) is 13.5 Å². The number of carbonyl (C=O) groups excluding carboxylic acids is 1. The first-order chi connectivity index (χ1) is 17.0. The van der Waals surface area contributed by atoms with E-state index in [-0.39, 0.29) is 47.4 Å². The number of sulfonamides is 2. The molecule has 2 atom stereocenters. The first-order valence-corrected chi connectivity index (χ1v) is 14.8. The zero-order chi connectivity index (χ0) is 26.1. The van der Waals surface area contributed by atoms with Gasteiger partial charge in [0, 0.05) is 44.8 Å². The van der Waals surface area contributed by atoms with E-state index in [0.717, 1.165) is 6.42 Å². The van der Waals surface area contributed by atoms with Crippen molar-refractivity contribution < 1.29 is 21.6 Å². The molecule has 0 aliphatic carbocycles. The monoisotopic (exact) mass is 530 g/mol. The first-order valence-electron chi connectivity index (χ1n) is 11.9. The summed E-state index contributed by atoms with van der Waals surface area (Å²) in [6.45, 7) is 5.66. The molecule has 9 nitrogen and oxygen atoms in total. The number of piperidine rings is 1. The van der Waals surface area contributed by atoms with Gasteiger partial charge in [-0.3, -0.25) is 4.79 Å². The number of nitrogens with zero attached hydrogens (tertiary/aromatic N) is 4. The van der Waals surface area contributed by atoms with Crippen molar-refractivity contribution in [1.29, 1.82) is 5.26 Å². The van der Waals surface area contributed by atoms with E-state index in [9.17, 15) is 26.9 Å². The molecule has 0 spiro atoms. The van der Waals surface area contributed by atoms with Crippen LogP contribution < -0.4 is 0 Å². The zero-order valence-corrected chi connectivity index (χ0v) is 22.0. The molecule has 1 amide bonds. The summed E-state index contributed by atoms with van der Waals surface area (Å²) in [5, 5.41) is 9.26. The maximum Gasteiger partial charge on any atom is 0.253 e. The average molecular weight is 531 g/mol. The summed E-state index contributed by atoms with van der Waals surface area (Å²) < 4.78 is 55.1. The van der Waals surface area contributed by atoms with Gasteiger partial charge in [0.2, 0.25) is 20.0 Å². The highest BCUT2D eigenvalue weighted by molar-refractivity contribution is 7.89. The third-order valence-electron chi connectivity index (χ3n) is 6.73. The number of hydrogen-bond donors (Lipinski definition) is 0. The number of carbonyl (C=O) groups is 1. The van der Waals surface area contributed by atoms with E-state index in [1.54, 1.807) is 17.0 Å². The molecule has 2 aromatic carbocycles. The van der Waals surface area contributed by atoms with Crippen LogP contribution in [0.3, 0.4) is 0 Å². The van der Waals surface area contributed by atoms with Crippen molar-refractivity contribution >= 4 is 26.0 Å². The van der Waals surface area contributed by atoms with Crippen molar-refractivity contribution in [3.05, 3.63) is 59.7 Å². The van der Waals surface area contributed by atoms with Gasteiger partial charge in [0.15, 0.2) is 0 Å². The van der Waals surface area contributed by atoms with Crippen LogP contribution in [0.2, 0.25) is 0 Å². The molecule has 2 aliphatic heterocycles. The molecule has 11 heteroatoms. The lowest BCUT2D eigenvalue weighted by molar-refractivity contribution is 0.0697. The number of piperazine rings is 1. The summed E-state index contributed by atoms with van der Waals surface area (Å²) in [5.41, 5.74) is 0.431. The van der Waals surface area contributed by atoms with Crippen LogP contribution in [0.25, 0.3) is 0 Å². The van der Waals surface area contributed by atoms with Gasteiger partial charge in [0.25, 0.3) is 5.91 Å². The summed E-state index contributed by atoms with van der Waals surface area (Å²) in [7, 11) is -7.50. The Morgan fingerprint density at radius 3 is 2.00 bits per heavy atom. The Labute approximate surface area is 213 Å². The van der Waals surface area contributed by atoms with Crippen molar-refractivity contribution in [2.75, 3.05) is 39.3 Å². The third kappa shape index (κ3) is 5.18. The predicted molar refractivity (Wildman–Crippen MR) is 134 cm³/mol. The van der Waals surface area contributed by atoms with Gasteiger partial charge in [-0.05, 0) is 54.7 Å². The lowest BCUT2D eigenvalue weighted by atomic mass is 9.94. The molecule has 0 unspecified atom stereocenters. The molecule has 4 rings (SSSR count). The zero-order valence-electron chi connectivity index (χ0n) is 20.4. The van der Waals surface area contributed by atoms with E-state index in [0.29, 0.717) is 30.5 Å². The molecule has 2 fully saturated rings. The molecule has 0 saturated carbocycles. The minimum Gasteiger partial charge on any atom is -0.336 e. The van der Waals surface area contributed by atoms with Crippen molar-refractivity contribution in [2.45, 2.75) is 30.1 Å². The molecule has 2 saturated heterocycles. The van der Waals surface area contributed by atoms with Crippen LogP contribution in [0.4, 0.5) is 0 Å². The normalized spacial score (nSPS) is 22.2. The molecule has 192 valence electrons.